The predicted molar refractivity (Wildman–Crippen MR) is 60.9 cm³/mol. The van der Waals surface area contributed by atoms with E-state index in [1.807, 2.05) is 0 Å². The number of rotatable bonds is 3. The maximum absolute atomic E-state index is 12.5. The van der Waals surface area contributed by atoms with Gasteiger partial charge in [-0.25, -0.2) is 0 Å². The lowest BCUT2D eigenvalue weighted by Crippen LogP contribution is -2.32. The lowest BCUT2D eigenvalue weighted by Gasteiger charge is -2.33. The maximum atomic E-state index is 12.5. The van der Waals surface area contributed by atoms with Crippen molar-refractivity contribution in [3.05, 3.63) is 29.6 Å². The van der Waals surface area contributed by atoms with Gasteiger partial charge < -0.3 is 0 Å². The van der Waals surface area contributed by atoms with Crippen LogP contribution in [0.5, 0.6) is 0 Å². The summed E-state index contributed by atoms with van der Waals surface area (Å²) in [6.45, 7) is 0. The average molecular weight is 295 g/mol. The monoisotopic (exact) mass is 295 g/mol. The van der Waals surface area contributed by atoms with Gasteiger partial charge in [0.15, 0.2) is 0 Å². The zero-order chi connectivity index (χ0) is 14.3. The summed E-state index contributed by atoms with van der Waals surface area (Å²) in [5.74, 6) is -0.186. The smallest absolute Gasteiger partial charge is 0.267 e. The molecule has 0 spiro atoms. The molecule has 0 atom stereocenters. The van der Waals surface area contributed by atoms with Crippen LogP contribution in [0.25, 0.3) is 0 Å². The summed E-state index contributed by atoms with van der Waals surface area (Å²) in [6.07, 6.45) is -2.07. The highest BCUT2D eigenvalue weighted by atomic mass is 32.2. The van der Waals surface area contributed by atoms with Crippen LogP contribution in [-0.2, 0) is 20.5 Å². The largest absolute Gasteiger partial charge is 0.416 e. The van der Waals surface area contributed by atoms with Gasteiger partial charge in [-0.05, 0) is 25.0 Å². The number of nitrogens with zero attached hydrogens (tertiary/aromatic N) is 1. The van der Waals surface area contributed by atoms with E-state index in [0.29, 0.717) is 18.5 Å². The molecule has 8 heteroatoms. The Bertz CT molecular complexity index is 565. The quantitative estimate of drug-likeness (QED) is 0.803. The SMILES string of the molecule is CS(=O)(=O)OC1CC(c2cc(C(F)(F)F)ccn2)C1. The molecule has 19 heavy (non-hydrogen) atoms. The first kappa shape index (κ1) is 14.3. The molecule has 1 aliphatic carbocycles. The van der Waals surface area contributed by atoms with Gasteiger partial charge in [0.25, 0.3) is 10.1 Å². The third-order valence-electron chi connectivity index (χ3n) is 2.93. The number of hydrogen-bond donors (Lipinski definition) is 0. The Morgan fingerprint density at radius 2 is 2.00 bits per heavy atom. The van der Waals surface area contributed by atoms with Crippen molar-refractivity contribution in [2.45, 2.75) is 31.0 Å². The van der Waals surface area contributed by atoms with Crippen LogP contribution in [0, 0.1) is 0 Å². The summed E-state index contributed by atoms with van der Waals surface area (Å²) in [4.78, 5) is 3.90. The van der Waals surface area contributed by atoms with Gasteiger partial charge in [-0.2, -0.15) is 21.6 Å². The number of halogens is 3. The van der Waals surface area contributed by atoms with Crippen molar-refractivity contribution in [1.82, 2.24) is 4.98 Å². The van der Waals surface area contributed by atoms with Gasteiger partial charge in [-0.3, -0.25) is 9.17 Å². The van der Waals surface area contributed by atoms with Crippen molar-refractivity contribution in [1.29, 1.82) is 0 Å². The van der Waals surface area contributed by atoms with E-state index in [2.05, 4.69) is 4.98 Å². The van der Waals surface area contributed by atoms with Gasteiger partial charge in [0.05, 0.1) is 17.9 Å². The van der Waals surface area contributed by atoms with Crippen LogP contribution in [0.3, 0.4) is 0 Å². The molecular formula is C11H12F3NO3S. The van der Waals surface area contributed by atoms with Crippen LogP contribution in [0.2, 0.25) is 0 Å². The van der Waals surface area contributed by atoms with Crippen molar-refractivity contribution in [3.8, 4) is 0 Å². The number of aromatic nitrogens is 1. The van der Waals surface area contributed by atoms with Crippen LogP contribution in [0.1, 0.15) is 30.0 Å². The van der Waals surface area contributed by atoms with E-state index < -0.39 is 28.0 Å². The van der Waals surface area contributed by atoms with Crippen molar-refractivity contribution in [2.24, 2.45) is 0 Å². The highest BCUT2D eigenvalue weighted by Crippen LogP contribution is 2.40. The molecule has 1 saturated carbocycles. The first-order valence-corrected chi connectivity index (χ1v) is 7.38. The third-order valence-corrected chi connectivity index (χ3v) is 3.55. The standard InChI is InChI=1S/C11H12F3NO3S/c1-19(16,17)18-9-4-7(5-9)10-6-8(2-3-15-10)11(12,13)14/h2-3,6-7,9H,4-5H2,1H3. The fourth-order valence-electron chi connectivity index (χ4n) is 1.98. The van der Waals surface area contributed by atoms with E-state index >= 15 is 0 Å². The molecule has 0 N–H and O–H groups in total. The molecular weight excluding hydrogens is 283 g/mol. The molecule has 106 valence electrons. The van der Waals surface area contributed by atoms with Gasteiger partial charge >= 0.3 is 6.18 Å². The van der Waals surface area contributed by atoms with E-state index in [0.717, 1.165) is 24.6 Å². The van der Waals surface area contributed by atoms with Gasteiger partial charge in [-0.15, -0.1) is 0 Å². The van der Waals surface area contributed by atoms with Crippen LogP contribution in [0.4, 0.5) is 13.2 Å². The molecule has 1 fully saturated rings. The number of alkyl halides is 3. The molecule has 1 aliphatic rings. The Labute approximate surface area is 108 Å². The zero-order valence-corrected chi connectivity index (χ0v) is 10.8. The van der Waals surface area contributed by atoms with Crippen LogP contribution in [0.15, 0.2) is 18.3 Å². The Morgan fingerprint density at radius 1 is 1.37 bits per heavy atom. The molecule has 0 amide bonds. The second-order valence-electron chi connectivity index (χ2n) is 4.56. The van der Waals surface area contributed by atoms with E-state index in [-0.39, 0.29) is 5.92 Å². The van der Waals surface area contributed by atoms with E-state index in [1.54, 1.807) is 0 Å². The number of hydrogen-bond acceptors (Lipinski definition) is 4. The first-order valence-electron chi connectivity index (χ1n) is 5.56. The molecule has 0 radical (unpaired) electrons. The minimum Gasteiger partial charge on any atom is -0.267 e. The normalized spacial score (nSPS) is 24.0. The molecule has 0 bridgehead atoms. The van der Waals surface area contributed by atoms with Gasteiger partial charge in [0, 0.05) is 17.8 Å². The van der Waals surface area contributed by atoms with Crippen molar-refractivity contribution in [3.63, 3.8) is 0 Å². The molecule has 1 aromatic heterocycles. The van der Waals surface area contributed by atoms with Crippen molar-refractivity contribution >= 4 is 10.1 Å². The van der Waals surface area contributed by atoms with Crippen LogP contribution >= 0.6 is 0 Å². The van der Waals surface area contributed by atoms with Gasteiger partial charge in [0.1, 0.15) is 0 Å². The molecule has 1 aromatic rings. The van der Waals surface area contributed by atoms with Gasteiger partial charge in [-0.1, -0.05) is 0 Å². The third kappa shape index (κ3) is 3.66. The fraction of sp³-hybridized carbons (Fsp3) is 0.545. The Morgan fingerprint density at radius 3 is 2.53 bits per heavy atom. The summed E-state index contributed by atoms with van der Waals surface area (Å²) in [6, 6.07) is 1.91. The molecule has 4 nitrogen and oxygen atoms in total. The summed E-state index contributed by atoms with van der Waals surface area (Å²) >= 11 is 0. The topological polar surface area (TPSA) is 56.3 Å². The second-order valence-corrected chi connectivity index (χ2v) is 6.16. The second kappa shape index (κ2) is 4.75. The Kier molecular flexibility index (Phi) is 3.57. The highest BCUT2D eigenvalue weighted by Gasteiger charge is 2.36. The van der Waals surface area contributed by atoms with Crippen molar-refractivity contribution < 1.29 is 25.8 Å². The lowest BCUT2D eigenvalue weighted by molar-refractivity contribution is -0.137. The summed E-state index contributed by atoms with van der Waals surface area (Å²) in [7, 11) is -3.52. The van der Waals surface area contributed by atoms with Crippen LogP contribution < -0.4 is 0 Å². The maximum Gasteiger partial charge on any atom is 0.416 e. The summed E-state index contributed by atoms with van der Waals surface area (Å²) in [5, 5.41) is 0. The lowest BCUT2D eigenvalue weighted by atomic mass is 9.80. The molecule has 0 unspecified atom stereocenters. The van der Waals surface area contributed by atoms with E-state index in [1.165, 1.54) is 0 Å². The molecule has 0 aliphatic heterocycles. The minimum absolute atomic E-state index is 0.186. The summed E-state index contributed by atoms with van der Waals surface area (Å²) < 4.78 is 64.1. The molecule has 1 heterocycles. The highest BCUT2D eigenvalue weighted by molar-refractivity contribution is 7.86. The van der Waals surface area contributed by atoms with E-state index in [4.69, 9.17) is 4.18 Å². The van der Waals surface area contributed by atoms with Gasteiger partial charge in [0.2, 0.25) is 0 Å². The zero-order valence-electron chi connectivity index (χ0n) is 10.0. The Balaban J connectivity index is 2.03. The fourth-order valence-corrected chi connectivity index (χ4v) is 2.63. The first-order chi connectivity index (χ1) is 8.65. The van der Waals surface area contributed by atoms with Crippen LogP contribution in [-0.4, -0.2) is 25.8 Å². The summed E-state index contributed by atoms with van der Waals surface area (Å²) in [5.41, 5.74) is -0.423. The number of pyridine rings is 1. The minimum atomic E-state index is -4.40. The van der Waals surface area contributed by atoms with Crippen molar-refractivity contribution in [2.75, 3.05) is 6.26 Å². The molecule has 0 saturated heterocycles. The molecule has 2 rings (SSSR count). The predicted octanol–water partition coefficient (Wildman–Crippen LogP) is 2.32. The Hall–Kier alpha value is -1.15. The average Bonchev–Trinajstić information content (AvgIpc) is 2.20. The van der Waals surface area contributed by atoms with E-state index in [9.17, 15) is 21.6 Å². The molecule has 0 aromatic carbocycles.